The lowest BCUT2D eigenvalue weighted by Crippen LogP contribution is -2.30. The van der Waals surface area contributed by atoms with Crippen molar-refractivity contribution in [3.8, 4) is 12.1 Å². The lowest BCUT2D eigenvalue weighted by molar-refractivity contribution is -0.159. The van der Waals surface area contributed by atoms with Gasteiger partial charge >= 0.3 is 19.8 Å². The van der Waals surface area contributed by atoms with Gasteiger partial charge in [-0.3, -0.25) is 18.4 Å². The molecule has 0 bridgehead atoms. The minimum atomic E-state index is -4.07. The third-order valence-corrected chi connectivity index (χ3v) is 4.48. The van der Waals surface area contributed by atoms with Crippen molar-refractivity contribution in [2.45, 2.75) is 52.1 Å². The molecule has 11 heteroatoms. The molecule has 0 saturated carbocycles. The van der Waals surface area contributed by atoms with E-state index in [4.69, 9.17) is 33.6 Å². The molecule has 0 aromatic carbocycles. The molecule has 0 spiro atoms. The summed E-state index contributed by atoms with van der Waals surface area (Å²) < 4.78 is 37.4. The Hall–Kier alpha value is -1.97. The number of unbranched alkanes of at least 4 members (excludes halogenated alkanes) is 2. The summed E-state index contributed by atoms with van der Waals surface area (Å²) in [6.45, 7) is 3.07. The Morgan fingerprint density at radius 3 is 1.96 bits per heavy atom. The second-order valence-electron chi connectivity index (χ2n) is 4.99. The first kappa shape index (κ1) is 25.0. The van der Waals surface area contributed by atoms with E-state index in [1.54, 1.807) is 13.8 Å². The van der Waals surface area contributed by atoms with Crippen LogP contribution >= 0.6 is 7.82 Å². The van der Waals surface area contributed by atoms with Crippen molar-refractivity contribution >= 4 is 19.8 Å². The normalized spacial score (nSPS) is 11.9. The Labute approximate surface area is 158 Å². The number of esters is 2. The van der Waals surface area contributed by atoms with Crippen LogP contribution < -0.4 is 0 Å². The zero-order valence-electron chi connectivity index (χ0n) is 15.5. The van der Waals surface area contributed by atoms with Gasteiger partial charge in [-0.05, 0) is 26.7 Å². The van der Waals surface area contributed by atoms with Crippen LogP contribution in [-0.4, -0.2) is 44.5 Å². The topological polar surface area (TPSA) is 145 Å². The predicted octanol–water partition coefficient (Wildman–Crippen LogP) is 2.64. The Balaban J connectivity index is 4.94. The van der Waals surface area contributed by atoms with Gasteiger partial charge in [0.25, 0.3) is 0 Å². The highest BCUT2D eigenvalue weighted by molar-refractivity contribution is 7.48. The van der Waals surface area contributed by atoms with E-state index >= 15 is 0 Å². The van der Waals surface area contributed by atoms with Crippen LogP contribution in [0.3, 0.4) is 0 Å². The van der Waals surface area contributed by atoms with Gasteiger partial charge in [-0.1, -0.05) is 0 Å². The highest BCUT2D eigenvalue weighted by Gasteiger charge is 2.36. The Bertz CT molecular complexity index is 574. The summed E-state index contributed by atoms with van der Waals surface area (Å²) in [5, 5.41) is 16.9. The first-order valence-electron chi connectivity index (χ1n) is 8.56. The van der Waals surface area contributed by atoms with Crippen LogP contribution in [0.1, 0.15) is 46.0 Å². The molecule has 27 heavy (non-hydrogen) atoms. The molecular formula is C16H25N2O8P. The highest BCUT2D eigenvalue weighted by atomic mass is 31.2. The first-order valence-corrected chi connectivity index (χ1v) is 10.0. The van der Waals surface area contributed by atoms with Crippen molar-refractivity contribution in [3.05, 3.63) is 0 Å². The van der Waals surface area contributed by atoms with Gasteiger partial charge in [0.1, 0.15) is 0 Å². The standard InChI is InChI=1S/C16H25N2O8P/c1-3-24-27(21,25-4-2)26-14(16(20)23-12-8-6-10-18)13-15(19)22-11-7-5-9-17/h14H,3-8,11-13H2,1-2H3. The number of nitriles is 2. The molecule has 1 unspecified atom stereocenters. The fourth-order valence-electron chi connectivity index (χ4n) is 1.70. The van der Waals surface area contributed by atoms with E-state index in [0.29, 0.717) is 12.8 Å². The molecule has 0 heterocycles. The molecule has 0 aliphatic carbocycles. The quantitative estimate of drug-likeness (QED) is 0.227. The third kappa shape index (κ3) is 12.1. The van der Waals surface area contributed by atoms with Crippen LogP contribution in [0.15, 0.2) is 0 Å². The fourth-order valence-corrected chi connectivity index (χ4v) is 3.00. The molecule has 0 aliphatic rings. The highest BCUT2D eigenvalue weighted by Crippen LogP contribution is 2.50. The molecule has 0 amide bonds. The summed E-state index contributed by atoms with van der Waals surface area (Å²) in [5.41, 5.74) is 0. The summed E-state index contributed by atoms with van der Waals surface area (Å²) in [5.74, 6) is -1.73. The average molecular weight is 404 g/mol. The zero-order chi connectivity index (χ0) is 20.5. The maximum Gasteiger partial charge on any atom is 0.475 e. The lowest BCUT2D eigenvalue weighted by Gasteiger charge is -2.22. The minimum Gasteiger partial charge on any atom is -0.466 e. The van der Waals surface area contributed by atoms with E-state index in [1.807, 2.05) is 12.1 Å². The molecule has 1 atom stereocenters. The van der Waals surface area contributed by atoms with Gasteiger partial charge < -0.3 is 9.47 Å². The molecule has 0 aliphatic heterocycles. The van der Waals surface area contributed by atoms with Gasteiger partial charge in [-0.2, -0.15) is 10.5 Å². The first-order chi connectivity index (χ1) is 12.9. The number of carbonyl (C=O) groups excluding carboxylic acids is 2. The summed E-state index contributed by atoms with van der Waals surface area (Å²) in [7, 11) is -4.07. The Kier molecular flexibility index (Phi) is 14.0. The Morgan fingerprint density at radius 1 is 0.963 bits per heavy atom. The van der Waals surface area contributed by atoms with Crippen LogP contribution in [0, 0.1) is 22.7 Å². The molecule has 0 saturated heterocycles. The number of nitrogens with zero attached hydrogens (tertiary/aromatic N) is 2. The van der Waals surface area contributed by atoms with E-state index in [-0.39, 0.29) is 39.3 Å². The Morgan fingerprint density at radius 2 is 1.48 bits per heavy atom. The largest absolute Gasteiger partial charge is 0.475 e. The van der Waals surface area contributed by atoms with Crippen LogP contribution in [0.4, 0.5) is 0 Å². The molecule has 152 valence electrons. The smallest absolute Gasteiger partial charge is 0.466 e. The molecule has 0 radical (unpaired) electrons. The van der Waals surface area contributed by atoms with Crippen LogP contribution in [0.5, 0.6) is 0 Å². The summed E-state index contributed by atoms with van der Waals surface area (Å²) >= 11 is 0. The zero-order valence-corrected chi connectivity index (χ0v) is 16.4. The maximum absolute atomic E-state index is 12.5. The number of phosphoric ester groups is 1. The summed E-state index contributed by atoms with van der Waals surface area (Å²) in [4.78, 5) is 24.1. The predicted molar refractivity (Wildman–Crippen MR) is 92.0 cm³/mol. The maximum atomic E-state index is 12.5. The molecule has 0 fully saturated rings. The van der Waals surface area contributed by atoms with Crippen molar-refractivity contribution in [2.75, 3.05) is 26.4 Å². The van der Waals surface area contributed by atoms with E-state index in [9.17, 15) is 14.2 Å². The van der Waals surface area contributed by atoms with E-state index in [2.05, 4.69) is 0 Å². The lowest BCUT2D eigenvalue weighted by atomic mass is 10.2. The number of carbonyl (C=O) groups is 2. The van der Waals surface area contributed by atoms with Crippen LogP contribution in [0.25, 0.3) is 0 Å². The second-order valence-corrected chi connectivity index (χ2v) is 6.61. The molecule has 0 rings (SSSR count). The number of rotatable bonds is 15. The van der Waals surface area contributed by atoms with Gasteiger partial charge in [-0.15, -0.1) is 0 Å². The molecule has 10 nitrogen and oxygen atoms in total. The van der Waals surface area contributed by atoms with Crippen molar-refractivity contribution in [1.82, 2.24) is 0 Å². The van der Waals surface area contributed by atoms with Crippen molar-refractivity contribution in [1.29, 1.82) is 10.5 Å². The van der Waals surface area contributed by atoms with E-state index < -0.39 is 32.3 Å². The van der Waals surface area contributed by atoms with Gasteiger partial charge in [0.15, 0.2) is 6.10 Å². The SMILES string of the molecule is CCOP(=O)(OCC)OC(CC(=O)OCCCC#N)C(=O)OCCCC#N. The third-order valence-electron chi connectivity index (χ3n) is 2.82. The van der Waals surface area contributed by atoms with Crippen molar-refractivity contribution in [2.24, 2.45) is 0 Å². The van der Waals surface area contributed by atoms with Crippen LogP contribution in [0.2, 0.25) is 0 Å². The van der Waals surface area contributed by atoms with Gasteiger partial charge in [0.2, 0.25) is 0 Å². The molecular weight excluding hydrogens is 379 g/mol. The second kappa shape index (κ2) is 15.1. The van der Waals surface area contributed by atoms with Gasteiger partial charge in [0.05, 0.1) is 45.0 Å². The van der Waals surface area contributed by atoms with E-state index in [1.165, 1.54) is 0 Å². The van der Waals surface area contributed by atoms with Gasteiger partial charge in [-0.25, -0.2) is 9.36 Å². The van der Waals surface area contributed by atoms with Crippen molar-refractivity contribution in [3.63, 3.8) is 0 Å². The van der Waals surface area contributed by atoms with Gasteiger partial charge in [0, 0.05) is 12.8 Å². The number of ether oxygens (including phenoxy) is 2. The van der Waals surface area contributed by atoms with Crippen LogP contribution in [-0.2, 0) is 37.2 Å². The number of hydrogen-bond acceptors (Lipinski definition) is 10. The fraction of sp³-hybridized carbons (Fsp3) is 0.750. The van der Waals surface area contributed by atoms with E-state index in [0.717, 1.165) is 0 Å². The summed E-state index contributed by atoms with van der Waals surface area (Å²) in [6.07, 6.45) is -1.05. The minimum absolute atomic E-state index is 0.000178. The monoisotopic (exact) mass is 404 g/mol. The summed E-state index contributed by atoms with van der Waals surface area (Å²) in [6, 6.07) is 3.81. The number of phosphoric acid groups is 1. The molecule has 0 N–H and O–H groups in total. The molecule has 0 aromatic heterocycles. The molecule has 0 aromatic rings. The average Bonchev–Trinajstić information content (AvgIpc) is 2.62. The number of hydrogen-bond donors (Lipinski definition) is 0. The van der Waals surface area contributed by atoms with Crippen molar-refractivity contribution < 1.29 is 37.2 Å².